The van der Waals surface area contributed by atoms with Crippen molar-refractivity contribution in [3.63, 3.8) is 0 Å². The predicted octanol–water partition coefficient (Wildman–Crippen LogP) is 6.91. The third-order valence-electron chi connectivity index (χ3n) is 11.9. The standard InChI is InChI=1S/C50H65ClN6O9/c1-31(2)65-42-19-16-34(22-43(42)63-7)48(61)57-27-36-26-56(44(58)23-35-25-54-41-24-37(51)17-18-38(35)41)29-40(39(36)28-57)46(59)55-45(32(3)64-30-33-14-10-8-11-15-33)47(60)52-20-12-9-13-21-53-49(62)66-50(4,5)6/h8,10-11,14-19,22,24-25,31-32,36,39-40,45,54H,9,12-13,20-21,23,26-30H2,1-7H3,(H,52,60)(H,53,62)(H,55,59)/t32-,36?,39?,40?,45+/m1/s1. The van der Waals surface area contributed by atoms with Crippen LogP contribution in [0.4, 0.5) is 4.79 Å². The molecule has 0 saturated carbocycles. The lowest BCUT2D eigenvalue weighted by atomic mass is 9.79. The van der Waals surface area contributed by atoms with E-state index in [4.69, 9.17) is 30.5 Å². The zero-order valence-corrected chi connectivity index (χ0v) is 39.9. The Morgan fingerprint density at radius 3 is 2.29 bits per heavy atom. The number of aromatic nitrogens is 1. The van der Waals surface area contributed by atoms with E-state index in [2.05, 4.69) is 20.9 Å². The molecule has 0 radical (unpaired) electrons. The number of methoxy groups -OCH3 is 1. The lowest BCUT2D eigenvalue weighted by molar-refractivity contribution is -0.141. The first kappa shape index (κ1) is 49.6. The average Bonchev–Trinajstić information content (AvgIpc) is 3.89. The van der Waals surface area contributed by atoms with Gasteiger partial charge in [0, 0.05) is 67.0 Å². The molecule has 3 heterocycles. The Balaban J connectivity index is 1.19. The zero-order valence-electron chi connectivity index (χ0n) is 39.1. The third kappa shape index (κ3) is 13.4. The summed E-state index contributed by atoms with van der Waals surface area (Å²) in [6, 6.07) is 19.1. The van der Waals surface area contributed by atoms with Crippen molar-refractivity contribution in [1.82, 2.24) is 30.7 Å². The first-order valence-corrected chi connectivity index (χ1v) is 23.2. The van der Waals surface area contributed by atoms with E-state index in [1.807, 2.05) is 56.3 Å². The first-order valence-electron chi connectivity index (χ1n) is 22.9. The smallest absolute Gasteiger partial charge is 0.407 e. The predicted molar refractivity (Wildman–Crippen MR) is 252 cm³/mol. The van der Waals surface area contributed by atoms with Crippen LogP contribution in [-0.2, 0) is 36.9 Å². The Bertz CT molecular complexity index is 2310. The van der Waals surface area contributed by atoms with Gasteiger partial charge < -0.3 is 49.7 Å². The van der Waals surface area contributed by atoms with Gasteiger partial charge >= 0.3 is 6.09 Å². The molecule has 16 heteroatoms. The van der Waals surface area contributed by atoms with E-state index in [0.717, 1.165) is 28.5 Å². The van der Waals surface area contributed by atoms with E-state index in [0.29, 0.717) is 61.1 Å². The summed E-state index contributed by atoms with van der Waals surface area (Å²) < 4.78 is 23.0. The molecular formula is C50H65ClN6O9. The maximum absolute atomic E-state index is 14.8. The van der Waals surface area contributed by atoms with Crippen LogP contribution in [0.25, 0.3) is 10.9 Å². The maximum Gasteiger partial charge on any atom is 0.407 e. The minimum absolute atomic E-state index is 0.0903. The molecule has 356 valence electrons. The molecule has 4 N–H and O–H groups in total. The molecule has 5 atom stereocenters. The molecule has 1 aromatic heterocycles. The highest BCUT2D eigenvalue weighted by atomic mass is 35.5. The van der Waals surface area contributed by atoms with Crippen LogP contribution in [0.3, 0.4) is 0 Å². The summed E-state index contributed by atoms with van der Waals surface area (Å²) in [5, 5.41) is 10.2. The van der Waals surface area contributed by atoms with Gasteiger partial charge in [0.2, 0.25) is 17.7 Å². The van der Waals surface area contributed by atoms with E-state index in [1.165, 1.54) is 7.11 Å². The summed E-state index contributed by atoms with van der Waals surface area (Å²) in [6.45, 7) is 13.0. The van der Waals surface area contributed by atoms with Crippen LogP contribution in [0, 0.1) is 17.8 Å². The number of fused-ring (bicyclic) bond motifs is 2. The zero-order chi connectivity index (χ0) is 47.5. The maximum atomic E-state index is 14.8. The molecule has 5 amide bonds. The Labute approximate surface area is 392 Å². The average molecular weight is 930 g/mol. The second kappa shape index (κ2) is 22.6. The van der Waals surface area contributed by atoms with Crippen LogP contribution >= 0.6 is 11.6 Å². The summed E-state index contributed by atoms with van der Waals surface area (Å²) in [5.74, 6) is -1.52. The highest BCUT2D eigenvalue weighted by Crippen LogP contribution is 2.38. The minimum Gasteiger partial charge on any atom is -0.493 e. The van der Waals surface area contributed by atoms with E-state index >= 15 is 0 Å². The number of nitrogens with zero attached hydrogens (tertiary/aromatic N) is 2. The Morgan fingerprint density at radius 1 is 0.848 bits per heavy atom. The van der Waals surface area contributed by atoms with Gasteiger partial charge in [-0.25, -0.2) is 4.79 Å². The third-order valence-corrected chi connectivity index (χ3v) is 12.2. The molecule has 2 aliphatic rings. The molecule has 0 bridgehead atoms. The number of H-pyrrole nitrogens is 1. The van der Waals surface area contributed by atoms with Crippen LogP contribution in [0.1, 0.15) is 82.3 Å². The van der Waals surface area contributed by atoms with Gasteiger partial charge in [-0.3, -0.25) is 19.2 Å². The summed E-state index contributed by atoms with van der Waals surface area (Å²) >= 11 is 6.24. The lowest BCUT2D eigenvalue weighted by Crippen LogP contribution is -2.58. The number of benzene rings is 3. The number of hydrogen-bond donors (Lipinski definition) is 4. The van der Waals surface area contributed by atoms with Gasteiger partial charge in [0.05, 0.1) is 38.3 Å². The number of rotatable bonds is 19. The molecule has 2 saturated heterocycles. The highest BCUT2D eigenvalue weighted by molar-refractivity contribution is 6.31. The van der Waals surface area contributed by atoms with Crippen LogP contribution in [0.2, 0.25) is 5.02 Å². The molecule has 0 spiro atoms. The van der Waals surface area contributed by atoms with Gasteiger partial charge in [-0.05, 0) is 114 Å². The number of likely N-dealkylation sites (tertiary alicyclic amines) is 2. The number of aromatic amines is 1. The largest absolute Gasteiger partial charge is 0.493 e. The van der Waals surface area contributed by atoms with Crippen molar-refractivity contribution in [2.24, 2.45) is 17.8 Å². The molecule has 2 fully saturated rings. The van der Waals surface area contributed by atoms with Crippen LogP contribution < -0.4 is 25.4 Å². The molecular weight excluding hydrogens is 864 g/mol. The van der Waals surface area contributed by atoms with Crippen molar-refractivity contribution < 1.29 is 42.9 Å². The molecule has 15 nitrogen and oxygen atoms in total. The number of hydrogen-bond acceptors (Lipinski definition) is 9. The number of alkyl carbamates (subject to hydrolysis) is 1. The Kier molecular flexibility index (Phi) is 17.0. The summed E-state index contributed by atoms with van der Waals surface area (Å²) in [6.07, 6.45) is 2.64. The van der Waals surface area contributed by atoms with Crippen molar-refractivity contribution in [1.29, 1.82) is 0 Å². The second-order valence-electron chi connectivity index (χ2n) is 18.5. The number of carbonyl (C=O) groups is 5. The summed E-state index contributed by atoms with van der Waals surface area (Å²) in [5.41, 5.74) is 2.35. The second-order valence-corrected chi connectivity index (χ2v) is 19.0. The van der Waals surface area contributed by atoms with Crippen LogP contribution in [0.5, 0.6) is 11.5 Å². The van der Waals surface area contributed by atoms with Crippen molar-refractivity contribution in [3.8, 4) is 11.5 Å². The van der Waals surface area contributed by atoms with Gasteiger partial charge in [-0.2, -0.15) is 0 Å². The monoisotopic (exact) mass is 928 g/mol. The number of carbonyl (C=O) groups excluding carboxylic acids is 5. The number of piperidine rings is 1. The van der Waals surface area contributed by atoms with Crippen molar-refractivity contribution >= 4 is 52.2 Å². The minimum atomic E-state index is -1.07. The van der Waals surface area contributed by atoms with Gasteiger partial charge in [0.1, 0.15) is 11.6 Å². The molecule has 0 aliphatic carbocycles. The molecule has 3 aromatic carbocycles. The SMILES string of the molecule is COc1cc(C(=O)N2CC3CN(C(=O)Cc4c[nH]c5cc(Cl)ccc45)CC(C(=O)N[C@H](C(=O)NCCCCCNC(=O)OC(C)(C)C)[C@@H](C)OCc4ccccc4)C3C2)ccc1OC(C)C. The molecule has 2 aliphatic heterocycles. The van der Waals surface area contributed by atoms with Gasteiger partial charge in [-0.15, -0.1) is 0 Å². The summed E-state index contributed by atoms with van der Waals surface area (Å²) in [4.78, 5) is 76.0. The first-order chi connectivity index (χ1) is 31.5. The van der Waals surface area contributed by atoms with E-state index in [-0.39, 0.29) is 55.9 Å². The van der Waals surface area contributed by atoms with Gasteiger partial charge in [-0.1, -0.05) is 48.0 Å². The van der Waals surface area contributed by atoms with Crippen LogP contribution in [-0.4, -0.2) is 115 Å². The number of halogens is 1. The van der Waals surface area contributed by atoms with E-state index in [1.54, 1.807) is 68.0 Å². The fraction of sp³-hybridized carbons (Fsp3) is 0.500. The fourth-order valence-electron chi connectivity index (χ4n) is 8.64. The molecule has 3 unspecified atom stereocenters. The van der Waals surface area contributed by atoms with E-state index in [9.17, 15) is 24.0 Å². The molecule has 4 aromatic rings. The van der Waals surface area contributed by atoms with Gasteiger partial charge in [0.15, 0.2) is 11.5 Å². The van der Waals surface area contributed by atoms with Gasteiger partial charge in [0.25, 0.3) is 5.91 Å². The fourth-order valence-corrected chi connectivity index (χ4v) is 8.82. The lowest BCUT2D eigenvalue weighted by Gasteiger charge is -2.40. The van der Waals surface area contributed by atoms with Crippen molar-refractivity contribution in [3.05, 3.63) is 94.6 Å². The normalized spacial score (nSPS) is 18.0. The van der Waals surface area contributed by atoms with Crippen molar-refractivity contribution in [2.45, 2.75) is 97.7 Å². The number of amides is 5. The number of unbranched alkanes of at least 4 members (excludes halogenated alkanes) is 2. The highest BCUT2D eigenvalue weighted by Gasteiger charge is 2.48. The molecule has 66 heavy (non-hydrogen) atoms. The number of nitrogens with one attached hydrogen (secondary N) is 4. The Morgan fingerprint density at radius 2 is 1.58 bits per heavy atom. The van der Waals surface area contributed by atoms with Crippen LogP contribution in [0.15, 0.2) is 72.9 Å². The molecule has 6 rings (SSSR count). The number of ether oxygens (including phenoxy) is 4. The quantitative estimate of drug-likeness (QED) is 0.0728. The Hall–Kier alpha value is -5.80. The van der Waals surface area contributed by atoms with E-state index < -0.39 is 41.6 Å². The summed E-state index contributed by atoms with van der Waals surface area (Å²) in [7, 11) is 1.53. The topological polar surface area (TPSA) is 181 Å². The van der Waals surface area contributed by atoms with Crippen molar-refractivity contribution in [2.75, 3.05) is 46.4 Å².